The van der Waals surface area contributed by atoms with Crippen molar-refractivity contribution in [3.63, 3.8) is 0 Å². The molecule has 2 aromatic carbocycles. The van der Waals surface area contributed by atoms with E-state index in [1.807, 2.05) is 24.3 Å². The van der Waals surface area contributed by atoms with Crippen molar-refractivity contribution in [3.8, 4) is 5.75 Å². The van der Waals surface area contributed by atoms with Crippen LogP contribution in [0, 0.1) is 5.82 Å². The maximum absolute atomic E-state index is 13.9. The summed E-state index contributed by atoms with van der Waals surface area (Å²) in [6, 6.07) is 12.1. The quantitative estimate of drug-likeness (QED) is 0.744. The van der Waals surface area contributed by atoms with E-state index in [1.165, 1.54) is 17.4 Å². The lowest BCUT2D eigenvalue weighted by molar-refractivity contribution is 0.208. The third-order valence-corrected chi connectivity index (χ3v) is 5.60. The van der Waals surface area contributed by atoms with Gasteiger partial charge in [-0.15, -0.1) is 0 Å². The van der Waals surface area contributed by atoms with Crippen molar-refractivity contribution in [3.05, 3.63) is 48.3 Å². The minimum Gasteiger partial charge on any atom is -0.497 e. The average molecular weight is 386 g/mol. The lowest BCUT2D eigenvalue weighted by Crippen LogP contribution is -2.50. The largest absolute Gasteiger partial charge is 0.497 e. The fourth-order valence-electron chi connectivity index (χ4n) is 3.04. The van der Waals surface area contributed by atoms with Crippen molar-refractivity contribution in [1.82, 2.24) is 9.88 Å². The minimum absolute atomic E-state index is 0.141. The van der Waals surface area contributed by atoms with Crippen molar-refractivity contribution in [2.45, 2.75) is 0 Å². The Morgan fingerprint density at radius 1 is 1.19 bits per heavy atom. The van der Waals surface area contributed by atoms with E-state index in [0.29, 0.717) is 43.1 Å². The molecule has 27 heavy (non-hydrogen) atoms. The van der Waals surface area contributed by atoms with Crippen LogP contribution in [-0.2, 0) is 0 Å². The Bertz CT molecular complexity index is 969. The van der Waals surface area contributed by atoms with Gasteiger partial charge in [0, 0.05) is 37.9 Å². The maximum Gasteiger partial charge on any atom is 0.321 e. The molecule has 3 aromatic rings. The number of urea groups is 1. The van der Waals surface area contributed by atoms with Gasteiger partial charge in [-0.25, -0.2) is 14.2 Å². The minimum atomic E-state index is -0.300. The number of carbonyl (C=O) groups excluding carboxylic acids is 1. The number of para-hydroxylation sites is 1. The van der Waals surface area contributed by atoms with Gasteiger partial charge >= 0.3 is 6.03 Å². The first-order chi connectivity index (χ1) is 13.1. The summed E-state index contributed by atoms with van der Waals surface area (Å²) in [7, 11) is 1.59. The third-order valence-electron chi connectivity index (χ3n) is 4.52. The first kappa shape index (κ1) is 17.5. The molecule has 0 radical (unpaired) electrons. The Hall–Kier alpha value is -2.87. The molecule has 2 heterocycles. The molecule has 1 N–H and O–H groups in total. The van der Waals surface area contributed by atoms with Gasteiger partial charge in [0.05, 0.1) is 11.8 Å². The number of amides is 2. The summed E-state index contributed by atoms with van der Waals surface area (Å²) in [4.78, 5) is 20.8. The van der Waals surface area contributed by atoms with E-state index in [0.717, 1.165) is 9.83 Å². The van der Waals surface area contributed by atoms with Gasteiger partial charge in [0.25, 0.3) is 0 Å². The van der Waals surface area contributed by atoms with E-state index >= 15 is 0 Å². The van der Waals surface area contributed by atoms with Crippen molar-refractivity contribution in [2.24, 2.45) is 0 Å². The second-order valence-electron chi connectivity index (χ2n) is 6.22. The normalized spacial score (nSPS) is 14.4. The van der Waals surface area contributed by atoms with E-state index in [4.69, 9.17) is 4.74 Å². The van der Waals surface area contributed by atoms with Crippen molar-refractivity contribution < 1.29 is 13.9 Å². The number of halogens is 1. The van der Waals surface area contributed by atoms with Gasteiger partial charge in [0.1, 0.15) is 17.1 Å². The number of thiazole rings is 1. The highest BCUT2D eigenvalue weighted by Gasteiger charge is 2.23. The Balaban J connectivity index is 1.39. The number of piperazine rings is 1. The number of hydrogen-bond donors (Lipinski definition) is 1. The molecular formula is C19H19FN4O2S. The van der Waals surface area contributed by atoms with Gasteiger partial charge in [0.2, 0.25) is 0 Å². The van der Waals surface area contributed by atoms with Crippen molar-refractivity contribution in [2.75, 3.05) is 43.5 Å². The zero-order chi connectivity index (χ0) is 18.8. The van der Waals surface area contributed by atoms with Crippen molar-refractivity contribution in [1.29, 1.82) is 0 Å². The molecule has 1 fully saturated rings. The lowest BCUT2D eigenvalue weighted by atomic mass is 10.3. The highest BCUT2D eigenvalue weighted by atomic mass is 32.1. The second-order valence-corrected chi connectivity index (χ2v) is 7.23. The summed E-state index contributed by atoms with van der Waals surface area (Å²) in [5, 5.41) is 3.69. The van der Waals surface area contributed by atoms with Crippen LogP contribution in [0.4, 0.5) is 20.0 Å². The second kappa shape index (κ2) is 7.40. The molecule has 0 bridgehead atoms. The molecule has 4 rings (SSSR count). The van der Waals surface area contributed by atoms with Gasteiger partial charge in [-0.1, -0.05) is 23.5 Å². The number of methoxy groups -OCH3 is 1. The Morgan fingerprint density at radius 2 is 1.96 bits per heavy atom. The van der Waals surface area contributed by atoms with Crippen LogP contribution in [0.3, 0.4) is 0 Å². The number of carbonyl (C=O) groups is 1. The van der Waals surface area contributed by atoms with Gasteiger partial charge < -0.3 is 19.9 Å². The number of rotatable bonds is 3. The van der Waals surface area contributed by atoms with Crippen LogP contribution < -0.4 is 15.0 Å². The fourth-order valence-corrected chi connectivity index (χ4v) is 4.07. The smallest absolute Gasteiger partial charge is 0.321 e. The van der Waals surface area contributed by atoms with E-state index in [2.05, 4.69) is 15.2 Å². The van der Waals surface area contributed by atoms with Crippen LogP contribution in [0.25, 0.3) is 10.2 Å². The first-order valence-electron chi connectivity index (χ1n) is 8.64. The van der Waals surface area contributed by atoms with Crippen LogP contribution in [0.5, 0.6) is 5.75 Å². The number of aromatic nitrogens is 1. The number of benzene rings is 2. The Kier molecular flexibility index (Phi) is 4.81. The summed E-state index contributed by atoms with van der Waals surface area (Å²) >= 11 is 1.48. The molecule has 1 aromatic heterocycles. The number of nitrogens with one attached hydrogen (secondary N) is 1. The summed E-state index contributed by atoms with van der Waals surface area (Å²) < 4.78 is 19.9. The zero-order valence-corrected chi connectivity index (χ0v) is 15.6. The lowest BCUT2D eigenvalue weighted by Gasteiger charge is -2.34. The summed E-state index contributed by atoms with van der Waals surface area (Å²) in [6.45, 7) is 2.47. The molecule has 1 aliphatic heterocycles. The van der Waals surface area contributed by atoms with Crippen LogP contribution in [0.15, 0.2) is 42.5 Å². The Morgan fingerprint density at radius 3 is 2.70 bits per heavy atom. The fraction of sp³-hybridized carbons (Fsp3) is 0.263. The van der Waals surface area contributed by atoms with Gasteiger partial charge in [-0.2, -0.15) is 0 Å². The number of anilines is 2. The molecule has 2 amide bonds. The van der Waals surface area contributed by atoms with Crippen LogP contribution in [0.1, 0.15) is 0 Å². The number of nitrogens with zero attached hydrogens (tertiary/aromatic N) is 3. The standard InChI is InChI=1S/C19H19FN4O2S/c1-26-14-5-2-4-13(12-14)21-18(25)23-8-10-24(11-9-23)19-22-17-15(20)6-3-7-16(17)27-19/h2-7,12H,8-11H2,1H3,(H,21,25). The first-order valence-corrected chi connectivity index (χ1v) is 9.45. The van der Waals surface area contributed by atoms with E-state index in [1.54, 1.807) is 24.1 Å². The number of hydrogen-bond acceptors (Lipinski definition) is 5. The highest BCUT2D eigenvalue weighted by Crippen LogP contribution is 2.30. The molecule has 0 spiro atoms. The molecule has 1 aliphatic rings. The van der Waals surface area contributed by atoms with Crippen LogP contribution in [-0.4, -0.2) is 49.2 Å². The number of ether oxygens (including phenoxy) is 1. The predicted octanol–water partition coefficient (Wildman–Crippen LogP) is 3.80. The average Bonchev–Trinajstić information content (AvgIpc) is 3.14. The zero-order valence-electron chi connectivity index (χ0n) is 14.8. The van der Waals surface area contributed by atoms with Gasteiger partial charge in [-0.05, 0) is 24.3 Å². The Labute approximate surface area is 160 Å². The topological polar surface area (TPSA) is 57.7 Å². The summed E-state index contributed by atoms with van der Waals surface area (Å²) in [6.07, 6.45) is 0. The maximum atomic E-state index is 13.9. The molecule has 140 valence electrons. The van der Waals surface area contributed by atoms with E-state index in [9.17, 15) is 9.18 Å². The van der Waals surface area contributed by atoms with Gasteiger partial charge in [0.15, 0.2) is 5.13 Å². The third kappa shape index (κ3) is 3.66. The molecule has 6 nitrogen and oxygen atoms in total. The predicted molar refractivity (Wildman–Crippen MR) is 105 cm³/mol. The SMILES string of the molecule is COc1cccc(NC(=O)N2CCN(c3nc4c(F)cccc4s3)CC2)c1. The summed E-state index contributed by atoms with van der Waals surface area (Å²) in [5.41, 5.74) is 1.11. The summed E-state index contributed by atoms with van der Waals surface area (Å²) in [5.74, 6) is 0.395. The molecule has 0 unspecified atom stereocenters. The van der Waals surface area contributed by atoms with E-state index in [-0.39, 0.29) is 11.8 Å². The molecular weight excluding hydrogens is 367 g/mol. The highest BCUT2D eigenvalue weighted by molar-refractivity contribution is 7.22. The van der Waals surface area contributed by atoms with E-state index < -0.39 is 0 Å². The molecule has 0 atom stereocenters. The molecule has 0 aliphatic carbocycles. The van der Waals surface area contributed by atoms with Crippen molar-refractivity contribution >= 4 is 38.4 Å². The monoisotopic (exact) mass is 386 g/mol. The molecule has 8 heteroatoms. The van der Waals surface area contributed by atoms with Gasteiger partial charge in [-0.3, -0.25) is 0 Å². The molecule has 1 saturated heterocycles. The number of fused-ring (bicyclic) bond motifs is 1. The van der Waals surface area contributed by atoms with Crippen LogP contribution in [0.2, 0.25) is 0 Å². The van der Waals surface area contributed by atoms with Crippen LogP contribution >= 0.6 is 11.3 Å². The molecule has 0 saturated carbocycles.